The highest BCUT2D eigenvalue weighted by atomic mass is 32.2. The Hall–Kier alpha value is -1.49. The molecule has 5 heteroatoms. The van der Waals surface area contributed by atoms with Gasteiger partial charge in [-0.2, -0.15) is 0 Å². The van der Waals surface area contributed by atoms with Crippen LogP contribution in [0.15, 0.2) is 23.1 Å². The fourth-order valence-electron chi connectivity index (χ4n) is 2.47. The lowest BCUT2D eigenvalue weighted by molar-refractivity contribution is 0.679. The van der Waals surface area contributed by atoms with Crippen LogP contribution in [0.2, 0.25) is 0 Å². The fraction of sp³-hybridized carbons (Fsp3) is 0.429. The van der Waals surface area contributed by atoms with Crippen molar-refractivity contribution in [2.24, 2.45) is 7.05 Å². The Morgan fingerprint density at radius 1 is 1.26 bits per heavy atom. The first-order valence-electron chi connectivity index (χ1n) is 6.50. The first-order valence-corrected chi connectivity index (χ1v) is 7.82. The zero-order valence-electron chi connectivity index (χ0n) is 11.2. The molecule has 0 N–H and O–H groups in total. The van der Waals surface area contributed by atoms with Crippen LogP contribution in [0.25, 0.3) is 0 Å². The Balaban J connectivity index is 1.83. The minimum Gasteiger partial charge on any atom is -0.318 e. The summed E-state index contributed by atoms with van der Waals surface area (Å²) in [5.74, 6) is 2.05. The van der Waals surface area contributed by atoms with E-state index in [9.17, 15) is 4.21 Å². The van der Waals surface area contributed by atoms with Crippen molar-refractivity contribution < 1.29 is 4.21 Å². The number of nitrogens with zero attached hydrogens (tertiary/aromatic N) is 3. The van der Waals surface area contributed by atoms with Gasteiger partial charge in [-0.15, -0.1) is 10.2 Å². The molecule has 0 spiro atoms. The average molecular weight is 275 g/mol. The second-order valence-electron chi connectivity index (χ2n) is 5.00. The van der Waals surface area contributed by atoms with E-state index in [0.717, 1.165) is 29.4 Å². The molecular formula is C14H17N3OS. The molecule has 1 aliphatic carbocycles. The number of aromatic nitrogens is 3. The number of fused-ring (bicyclic) bond motifs is 1. The summed E-state index contributed by atoms with van der Waals surface area (Å²) in [7, 11) is 0.860. The molecule has 19 heavy (non-hydrogen) atoms. The largest absolute Gasteiger partial charge is 0.318 e. The van der Waals surface area contributed by atoms with Crippen LogP contribution >= 0.6 is 0 Å². The van der Waals surface area contributed by atoms with Crippen molar-refractivity contribution in [2.75, 3.05) is 0 Å². The van der Waals surface area contributed by atoms with Crippen molar-refractivity contribution in [3.63, 3.8) is 0 Å². The van der Waals surface area contributed by atoms with Gasteiger partial charge in [-0.3, -0.25) is 4.21 Å². The summed E-state index contributed by atoms with van der Waals surface area (Å²) in [5, 5.41) is 8.07. The van der Waals surface area contributed by atoms with Gasteiger partial charge in [0, 0.05) is 11.9 Å². The van der Waals surface area contributed by atoms with Gasteiger partial charge in [-0.05, 0) is 49.4 Å². The predicted octanol–water partition coefficient (Wildman–Crippen LogP) is 1.92. The van der Waals surface area contributed by atoms with Gasteiger partial charge in [-0.25, -0.2) is 0 Å². The fourth-order valence-corrected chi connectivity index (χ4v) is 3.61. The van der Waals surface area contributed by atoms with Crippen LogP contribution in [0.5, 0.6) is 0 Å². The summed E-state index contributed by atoms with van der Waals surface area (Å²) < 4.78 is 14.3. The summed E-state index contributed by atoms with van der Waals surface area (Å²) >= 11 is 0. The van der Waals surface area contributed by atoms with Gasteiger partial charge >= 0.3 is 0 Å². The molecule has 0 saturated heterocycles. The van der Waals surface area contributed by atoms with Crippen molar-refractivity contribution in [3.05, 3.63) is 41.0 Å². The Labute approximate surface area is 115 Å². The highest BCUT2D eigenvalue weighted by Gasteiger charge is 2.15. The third-order valence-electron chi connectivity index (χ3n) is 3.78. The maximum Gasteiger partial charge on any atom is 0.145 e. The third-order valence-corrected chi connectivity index (χ3v) is 5.08. The van der Waals surface area contributed by atoms with Crippen LogP contribution in [0.3, 0.4) is 0 Å². The number of aryl methyl sites for hydroxylation is 3. The Morgan fingerprint density at radius 3 is 2.79 bits per heavy atom. The van der Waals surface area contributed by atoms with E-state index in [4.69, 9.17) is 0 Å². The average Bonchev–Trinajstić information content (AvgIpc) is 2.99. The van der Waals surface area contributed by atoms with Crippen molar-refractivity contribution >= 4 is 10.8 Å². The summed E-state index contributed by atoms with van der Waals surface area (Å²) in [6, 6.07) is 6.21. The summed E-state index contributed by atoms with van der Waals surface area (Å²) in [4.78, 5) is 0.904. The second-order valence-corrected chi connectivity index (χ2v) is 6.45. The van der Waals surface area contributed by atoms with Gasteiger partial charge in [0.1, 0.15) is 11.6 Å². The van der Waals surface area contributed by atoms with E-state index in [1.165, 1.54) is 17.5 Å². The number of benzene rings is 1. The molecule has 0 radical (unpaired) electrons. The first kappa shape index (κ1) is 12.5. The van der Waals surface area contributed by atoms with Crippen molar-refractivity contribution in [2.45, 2.75) is 36.8 Å². The zero-order chi connectivity index (χ0) is 13.4. The molecule has 0 bridgehead atoms. The van der Waals surface area contributed by atoms with Crippen LogP contribution < -0.4 is 0 Å². The monoisotopic (exact) mass is 275 g/mol. The maximum absolute atomic E-state index is 12.4. The molecule has 1 atom stereocenters. The van der Waals surface area contributed by atoms with Crippen LogP contribution in [-0.2, 0) is 36.4 Å². The lowest BCUT2D eigenvalue weighted by atomic mass is 10.1. The molecule has 1 aromatic heterocycles. The molecule has 0 fully saturated rings. The Kier molecular flexibility index (Phi) is 3.22. The highest BCUT2D eigenvalue weighted by molar-refractivity contribution is 7.84. The molecule has 1 aliphatic rings. The van der Waals surface area contributed by atoms with Gasteiger partial charge in [-0.1, -0.05) is 6.07 Å². The van der Waals surface area contributed by atoms with Gasteiger partial charge in [0.2, 0.25) is 0 Å². The summed E-state index contributed by atoms with van der Waals surface area (Å²) in [6.45, 7) is 1.90. The van der Waals surface area contributed by atoms with Crippen molar-refractivity contribution in [1.82, 2.24) is 14.8 Å². The van der Waals surface area contributed by atoms with Gasteiger partial charge in [0.05, 0.1) is 16.6 Å². The van der Waals surface area contributed by atoms with E-state index in [0.29, 0.717) is 5.75 Å². The van der Waals surface area contributed by atoms with Crippen molar-refractivity contribution in [3.8, 4) is 0 Å². The number of hydrogen-bond acceptors (Lipinski definition) is 3. The number of rotatable bonds is 3. The molecule has 4 nitrogen and oxygen atoms in total. The topological polar surface area (TPSA) is 47.8 Å². The molecule has 0 saturated carbocycles. The normalized spacial score (nSPS) is 15.5. The molecule has 0 amide bonds. The Morgan fingerprint density at radius 2 is 2.05 bits per heavy atom. The number of hydrogen-bond donors (Lipinski definition) is 0. The Bertz CT molecular complexity index is 648. The highest BCUT2D eigenvalue weighted by Crippen LogP contribution is 2.24. The molecule has 1 heterocycles. The van der Waals surface area contributed by atoms with E-state index in [1.54, 1.807) is 0 Å². The molecular weight excluding hydrogens is 258 g/mol. The van der Waals surface area contributed by atoms with Crippen molar-refractivity contribution in [1.29, 1.82) is 0 Å². The molecule has 2 aromatic rings. The van der Waals surface area contributed by atoms with Crippen LogP contribution in [-0.4, -0.2) is 19.0 Å². The minimum atomic E-state index is -1.05. The van der Waals surface area contributed by atoms with Crippen LogP contribution in [0.4, 0.5) is 0 Å². The van der Waals surface area contributed by atoms with Gasteiger partial charge < -0.3 is 4.57 Å². The van der Waals surface area contributed by atoms with E-state index in [2.05, 4.69) is 22.3 Å². The third kappa shape index (κ3) is 2.34. The minimum absolute atomic E-state index is 0.427. The quantitative estimate of drug-likeness (QED) is 0.860. The molecule has 3 rings (SSSR count). The smallest absolute Gasteiger partial charge is 0.145 e. The molecule has 1 aromatic carbocycles. The molecule has 100 valence electrons. The first-order chi connectivity index (χ1) is 9.15. The van der Waals surface area contributed by atoms with Gasteiger partial charge in [0.25, 0.3) is 0 Å². The molecule has 0 aliphatic heterocycles. The van der Waals surface area contributed by atoms with Gasteiger partial charge in [0.15, 0.2) is 0 Å². The maximum atomic E-state index is 12.4. The molecule has 0 unspecified atom stereocenters. The summed E-state index contributed by atoms with van der Waals surface area (Å²) in [6.07, 6.45) is 3.49. The standard InChI is InChI=1S/C14H17N3OS/c1-10-15-16-14(17(10)2)9-19(18)13-7-6-11-4-3-5-12(11)8-13/h6-8H,3-5,9H2,1-2H3/t19-/m0/s1. The SMILES string of the molecule is Cc1nnc(C[S@](=O)c2ccc3c(c2)CCC3)n1C. The van der Waals surface area contributed by atoms with Crippen LogP contribution in [0.1, 0.15) is 29.2 Å². The van der Waals surface area contributed by atoms with E-state index in [1.807, 2.05) is 24.6 Å². The zero-order valence-corrected chi connectivity index (χ0v) is 12.0. The summed E-state index contributed by atoms with van der Waals surface area (Å²) in [5.41, 5.74) is 2.77. The van der Waals surface area contributed by atoms with E-state index in [-0.39, 0.29) is 0 Å². The van der Waals surface area contributed by atoms with Crippen LogP contribution in [0, 0.1) is 6.92 Å². The lowest BCUT2D eigenvalue weighted by Gasteiger charge is -2.05. The lowest BCUT2D eigenvalue weighted by Crippen LogP contribution is -2.04. The van der Waals surface area contributed by atoms with E-state index < -0.39 is 10.8 Å². The predicted molar refractivity (Wildman–Crippen MR) is 74.3 cm³/mol. The van der Waals surface area contributed by atoms with E-state index >= 15 is 0 Å². The second kappa shape index (κ2) is 4.89.